The standard InChI is InChI=1S/C25H36/c1-6-11-24-18-25(22(10-5)16-21(24)9-4)17-20(8-3)23-14-12-19(7-2)13-15-23/h12-16,18,20H,6-11,17H2,1-5H3. The van der Waals surface area contributed by atoms with Crippen LogP contribution in [0.3, 0.4) is 0 Å². The Balaban J connectivity index is 2.32. The molecular weight excluding hydrogens is 300 g/mol. The van der Waals surface area contributed by atoms with Gasteiger partial charge >= 0.3 is 0 Å². The second kappa shape index (κ2) is 9.80. The molecular formula is C25H36. The zero-order valence-electron chi connectivity index (χ0n) is 17.0. The summed E-state index contributed by atoms with van der Waals surface area (Å²) in [5.41, 5.74) is 9.20. The first-order chi connectivity index (χ1) is 12.2. The zero-order valence-corrected chi connectivity index (χ0v) is 17.0. The Morgan fingerprint density at radius 1 is 0.680 bits per heavy atom. The van der Waals surface area contributed by atoms with E-state index in [0.29, 0.717) is 5.92 Å². The Hall–Kier alpha value is -1.56. The first-order valence-electron chi connectivity index (χ1n) is 10.4. The number of benzene rings is 2. The maximum atomic E-state index is 2.53. The van der Waals surface area contributed by atoms with Crippen molar-refractivity contribution in [3.05, 3.63) is 69.8 Å². The maximum Gasteiger partial charge on any atom is -0.0124 e. The molecule has 0 fully saturated rings. The fourth-order valence-corrected chi connectivity index (χ4v) is 3.93. The highest BCUT2D eigenvalue weighted by molar-refractivity contribution is 5.40. The van der Waals surface area contributed by atoms with Crippen LogP contribution in [0.2, 0.25) is 0 Å². The number of hydrogen-bond donors (Lipinski definition) is 0. The first kappa shape index (κ1) is 19.8. The van der Waals surface area contributed by atoms with E-state index >= 15 is 0 Å². The van der Waals surface area contributed by atoms with Crippen molar-refractivity contribution in [1.29, 1.82) is 0 Å². The molecule has 0 N–H and O–H groups in total. The summed E-state index contributed by atoms with van der Waals surface area (Å²) in [6.45, 7) is 11.4. The molecule has 2 aromatic carbocycles. The van der Waals surface area contributed by atoms with E-state index in [-0.39, 0.29) is 0 Å². The predicted octanol–water partition coefficient (Wildman–Crippen LogP) is 7.06. The molecule has 136 valence electrons. The molecule has 1 atom stereocenters. The van der Waals surface area contributed by atoms with Crippen molar-refractivity contribution < 1.29 is 0 Å². The molecule has 0 nitrogen and oxygen atoms in total. The van der Waals surface area contributed by atoms with Gasteiger partial charge in [-0.3, -0.25) is 0 Å². The van der Waals surface area contributed by atoms with Gasteiger partial charge in [-0.1, -0.05) is 77.4 Å². The molecule has 0 saturated carbocycles. The summed E-state index contributed by atoms with van der Waals surface area (Å²) >= 11 is 0. The lowest BCUT2D eigenvalue weighted by Crippen LogP contribution is -2.07. The highest BCUT2D eigenvalue weighted by Crippen LogP contribution is 2.29. The van der Waals surface area contributed by atoms with Crippen LogP contribution >= 0.6 is 0 Å². The minimum absolute atomic E-state index is 0.623. The van der Waals surface area contributed by atoms with Crippen LogP contribution in [0, 0.1) is 0 Å². The molecule has 1 unspecified atom stereocenters. The van der Waals surface area contributed by atoms with Gasteiger partial charge in [0.2, 0.25) is 0 Å². The SMILES string of the molecule is CCCc1cc(CC(CC)c2ccc(CC)cc2)c(CC)cc1CC. The van der Waals surface area contributed by atoms with Crippen LogP contribution in [0.15, 0.2) is 36.4 Å². The minimum atomic E-state index is 0.623. The normalized spacial score (nSPS) is 12.4. The third kappa shape index (κ3) is 4.97. The quantitative estimate of drug-likeness (QED) is 0.459. The molecule has 0 radical (unpaired) electrons. The third-order valence-electron chi connectivity index (χ3n) is 5.62. The molecule has 2 rings (SSSR count). The van der Waals surface area contributed by atoms with Crippen molar-refractivity contribution in [1.82, 2.24) is 0 Å². The molecule has 0 heteroatoms. The fraction of sp³-hybridized carbons (Fsp3) is 0.520. The predicted molar refractivity (Wildman–Crippen MR) is 112 cm³/mol. The van der Waals surface area contributed by atoms with Gasteiger partial charge in [0.05, 0.1) is 0 Å². The van der Waals surface area contributed by atoms with Crippen molar-refractivity contribution >= 4 is 0 Å². The van der Waals surface area contributed by atoms with Crippen LogP contribution in [-0.4, -0.2) is 0 Å². The van der Waals surface area contributed by atoms with Crippen LogP contribution in [0.25, 0.3) is 0 Å². The molecule has 0 heterocycles. The Labute approximate surface area is 155 Å². The average molecular weight is 337 g/mol. The van der Waals surface area contributed by atoms with Gasteiger partial charge in [-0.05, 0) is 77.8 Å². The van der Waals surface area contributed by atoms with E-state index in [1.165, 1.54) is 36.8 Å². The van der Waals surface area contributed by atoms with Crippen LogP contribution in [0.5, 0.6) is 0 Å². The molecule has 0 aliphatic heterocycles. The van der Waals surface area contributed by atoms with Gasteiger partial charge in [-0.2, -0.15) is 0 Å². The number of rotatable bonds is 9. The van der Waals surface area contributed by atoms with Gasteiger partial charge in [0, 0.05) is 0 Å². The van der Waals surface area contributed by atoms with Gasteiger partial charge in [0.1, 0.15) is 0 Å². The second-order valence-electron chi connectivity index (χ2n) is 7.25. The summed E-state index contributed by atoms with van der Waals surface area (Å²) < 4.78 is 0. The summed E-state index contributed by atoms with van der Waals surface area (Å²) in [7, 11) is 0. The maximum absolute atomic E-state index is 2.53. The van der Waals surface area contributed by atoms with E-state index in [1.54, 1.807) is 22.3 Å². The molecule has 2 aromatic rings. The smallest absolute Gasteiger partial charge is 0.0124 e. The Kier molecular flexibility index (Phi) is 7.75. The summed E-state index contributed by atoms with van der Waals surface area (Å²) in [5.74, 6) is 0.623. The van der Waals surface area contributed by atoms with E-state index in [9.17, 15) is 0 Å². The summed E-state index contributed by atoms with van der Waals surface area (Å²) in [6, 6.07) is 14.3. The van der Waals surface area contributed by atoms with Gasteiger partial charge in [-0.15, -0.1) is 0 Å². The van der Waals surface area contributed by atoms with Crippen molar-refractivity contribution in [3.63, 3.8) is 0 Å². The topological polar surface area (TPSA) is 0 Å². The molecule has 0 aliphatic rings. The van der Waals surface area contributed by atoms with E-state index < -0.39 is 0 Å². The molecule has 0 spiro atoms. The van der Waals surface area contributed by atoms with Gasteiger partial charge in [-0.25, -0.2) is 0 Å². The van der Waals surface area contributed by atoms with Crippen molar-refractivity contribution in [2.75, 3.05) is 0 Å². The summed E-state index contributed by atoms with van der Waals surface area (Å²) in [5, 5.41) is 0. The van der Waals surface area contributed by atoms with Crippen LogP contribution in [0.1, 0.15) is 86.8 Å². The molecule has 0 bridgehead atoms. The van der Waals surface area contributed by atoms with E-state index in [1.807, 2.05) is 0 Å². The molecule has 0 aliphatic carbocycles. The van der Waals surface area contributed by atoms with Crippen molar-refractivity contribution in [2.45, 2.75) is 85.5 Å². The van der Waals surface area contributed by atoms with Crippen molar-refractivity contribution in [3.8, 4) is 0 Å². The Morgan fingerprint density at radius 3 is 1.80 bits per heavy atom. The summed E-state index contributed by atoms with van der Waals surface area (Å²) in [4.78, 5) is 0. The number of hydrogen-bond acceptors (Lipinski definition) is 0. The lowest BCUT2D eigenvalue weighted by atomic mass is 9.85. The number of aryl methyl sites for hydroxylation is 4. The van der Waals surface area contributed by atoms with Gasteiger partial charge < -0.3 is 0 Å². The zero-order chi connectivity index (χ0) is 18.2. The molecule has 0 aromatic heterocycles. The summed E-state index contributed by atoms with van der Waals surface area (Å²) in [6.07, 6.45) is 8.23. The minimum Gasteiger partial charge on any atom is -0.0651 e. The van der Waals surface area contributed by atoms with Crippen molar-refractivity contribution in [2.24, 2.45) is 0 Å². The van der Waals surface area contributed by atoms with E-state index in [4.69, 9.17) is 0 Å². The molecule has 25 heavy (non-hydrogen) atoms. The first-order valence-corrected chi connectivity index (χ1v) is 10.4. The third-order valence-corrected chi connectivity index (χ3v) is 5.62. The van der Waals surface area contributed by atoms with Crippen LogP contribution < -0.4 is 0 Å². The monoisotopic (exact) mass is 336 g/mol. The molecule has 0 amide bonds. The van der Waals surface area contributed by atoms with Gasteiger partial charge in [0.15, 0.2) is 0 Å². The van der Waals surface area contributed by atoms with Gasteiger partial charge in [0.25, 0.3) is 0 Å². The van der Waals surface area contributed by atoms with Crippen LogP contribution in [-0.2, 0) is 32.1 Å². The lowest BCUT2D eigenvalue weighted by Gasteiger charge is -2.20. The Bertz CT molecular complexity index is 648. The highest BCUT2D eigenvalue weighted by atomic mass is 14.2. The van der Waals surface area contributed by atoms with E-state index in [2.05, 4.69) is 71.0 Å². The molecule has 0 saturated heterocycles. The highest BCUT2D eigenvalue weighted by Gasteiger charge is 2.14. The second-order valence-corrected chi connectivity index (χ2v) is 7.25. The Morgan fingerprint density at radius 2 is 1.28 bits per heavy atom. The largest absolute Gasteiger partial charge is 0.0651 e. The average Bonchev–Trinajstić information content (AvgIpc) is 2.66. The van der Waals surface area contributed by atoms with E-state index in [0.717, 1.165) is 19.3 Å². The fourth-order valence-electron chi connectivity index (χ4n) is 3.93. The lowest BCUT2D eigenvalue weighted by molar-refractivity contribution is 0.655. The van der Waals surface area contributed by atoms with Crippen LogP contribution in [0.4, 0.5) is 0 Å².